The quantitative estimate of drug-likeness (QED) is 0.648. The highest BCUT2D eigenvalue weighted by Crippen LogP contribution is 2.57. The first kappa shape index (κ1) is 19.0. The van der Waals surface area contributed by atoms with Crippen LogP contribution in [-0.4, -0.2) is 33.8 Å². The van der Waals surface area contributed by atoms with E-state index < -0.39 is 0 Å². The molecule has 1 heterocycles. The molecule has 0 atom stereocenters. The van der Waals surface area contributed by atoms with Crippen molar-refractivity contribution in [3.05, 3.63) is 52.9 Å². The van der Waals surface area contributed by atoms with E-state index in [9.17, 15) is 4.79 Å². The molecule has 4 aliphatic rings. The third-order valence-electron chi connectivity index (χ3n) is 7.93. The van der Waals surface area contributed by atoms with E-state index in [0.29, 0.717) is 12.1 Å². The molecule has 4 saturated carbocycles. The number of nitrogens with zero attached hydrogens (tertiary/aromatic N) is 3. The second kappa shape index (κ2) is 7.71. The summed E-state index contributed by atoms with van der Waals surface area (Å²) in [5.74, 6) is 2.98. The van der Waals surface area contributed by atoms with Crippen molar-refractivity contribution in [3.8, 4) is 11.1 Å². The van der Waals surface area contributed by atoms with Crippen molar-refractivity contribution < 1.29 is 0 Å². The lowest BCUT2D eigenvalue weighted by Gasteiger charge is -2.60. The molecule has 4 nitrogen and oxygen atoms in total. The van der Waals surface area contributed by atoms with Crippen molar-refractivity contribution in [1.29, 1.82) is 0 Å². The summed E-state index contributed by atoms with van der Waals surface area (Å²) in [4.78, 5) is 15.5. The maximum Gasteiger partial charge on any atom is 0.274 e. The standard InChI is InChI=1S/C25H33N3O/c1-27(25-16-19-13-20(17-25)15-21(14-19)18-25)11-5-6-12-28-24(29)23(9-10-26-28)22-7-3-2-4-8-22/h2-4,7-10,19-21H,5-6,11-18H2,1H3. The van der Waals surface area contributed by atoms with E-state index in [2.05, 4.69) is 17.0 Å². The first-order valence-corrected chi connectivity index (χ1v) is 11.5. The highest BCUT2D eigenvalue weighted by molar-refractivity contribution is 5.61. The van der Waals surface area contributed by atoms with Gasteiger partial charge in [-0.2, -0.15) is 5.10 Å². The summed E-state index contributed by atoms with van der Waals surface area (Å²) < 4.78 is 1.65. The Morgan fingerprint density at radius 3 is 2.31 bits per heavy atom. The molecule has 4 aliphatic carbocycles. The highest BCUT2D eigenvalue weighted by atomic mass is 16.1. The molecule has 0 unspecified atom stereocenters. The predicted octanol–water partition coefficient (Wildman–Crippen LogP) is 4.59. The predicted molar refractivity (Wildman–Crippen MR) is 117 cm³/mol. The van der Waals surface area contributed by atoms with Gasteiger partial charge in [-0.3, -0.25) is 4.79 Å². The molecule has 0 radical (unpaired) electrons. The van der Waals surface area contributed by atoms with Gasteiger partial charge >= 0.3 is 0 Å². The van der Waals surface area contributed by atoms with E-state index in [0.717, 1.165) is 48.3 Å². The highest BCUT2D eigenvalue weighted by Gasteiger charge is 2.52. The van der Waals surface area contributed by atoms with Crippen LogP contribution in [0.5, 0.6) is 0 Å². The summed E-state index contributed by atoms with van der Waals surface area (Å²) in [5, 5.41) is 4.33. The lowest BCUT2D eigenvalue weighted by atomic mass is 9.52. The van der Waals surface area contributed by atoms with Gasteiger partial charge < -0.3 is 4.90 Å². The van der Waals surface area contributed by atoms with Crippen LogP contribution in [0.3, 0.4) is 0 Å². The van der Waals surface area contributed by atoms with Crippen molar-refractivity contribution in [2.45, 2.75) is 63.5 Å². The van der Waals surface area contributed by atoms with Gasteiger partial charge in [-0.1, -0.05) is 30.3 Å². The van der Waals surface area contributed by atoms with Gasteiger partial charge in [0.1, 0.15) is 0 Å². The lowest BCUT2D eigenvalue weighted by molar-refractivity contribution is -0.0793. The zero-order chi connectivity index (χ0) is 19.8. The molecule has 4 heteroatoms. The Morgan fingerprint density at radius 2 is 1.66 bits per heavy atom. The maximum absolute atomic E-state index is 12.8. The second-order valence-corrected chi connectivity index (χ2v) is 9.91. The lowest BCUT2D eigenvalue weighted by Crippen LogP contribution is -2.58. The molecule has 1 aromatic carbocycles. The van der Waals surface area contributed by atoms with Crippen LogP contribution in [0.25, 0.3) is 11.1 Å². The van der Waals surface area contributed by atoms with Gasteiger partial charge in [0.25, 0.3) is 5.56 Å². The van der Waals surface area contributed by atoms with Crippen LogP contribution in [0.15, 0.2) is 47.4 Å². The first-order chi connectivity index (χ1) is 14.1. The molecule has 4 bridgehead atoms. The van der Waals surface area contributed by atoms with Gasteiger partial charge in [-0.25, -0.2) is 4.68 Å². The van der Waals surface area contributed by atoms with Crippen molar-refractivity contribution >= 4 is 0 Å². The fraction of sp³-hybridized carbons (Fsp3) is 0.600. The Kier molecular flexibility index (Phi) is 5.07. The normalized spacial score (nSPS) is 30.2. The first-order valence-electron chi connectivity index (χ1n) is 11.5. The third-order valence-corrected chi connectivity index (χ3v) is 7.93. The number of unbranched alkanes of at least 4 members (excludes halogenated alkanes) is 1. The minimum absolute atomic E-state index is 0.0214. The summed E-state index contributed by atoms with van der Waals surface area (Å²) in [5.41, 5.74) is 2.21. The zero-order valence-electron chi connectivity index (χ0n) is 17.6. The number of benzene rings is 1. The Bertz CT molecular complexity index is 869. The number of aryl methyl sites for hydroxylation is 1. The van der Waals surface area contributed by atoms with Gasteiger partial charge in [0.2, 0.25) is 0 Å². The van der Waals surface area contributed by atoms with Gasteiger partial charge in [0, 0.05) is 18.3 Å². The van der Waals surface area contributed by atoms with E-state index in [1.54, 1.807) is 10.9 Å². The Labute approximate surface area is 173 Å². The summed E-state index contributed by atoms with van der Waals surface area (Å²) >= 11 is 0. The molecule has 0 aliphatic heterocycles. The monoisotopic (exact) mass is 391 g/mol. The Hall–Kier alpha value is -1.94. The number of hydrogen-bond acceptors (Lipinski definition) is 3. The van der Waals surface area contributed by atoms with Crippen LogP contribution >= 0.6 is 0 Å². The zero-order valence-corrected chi connectivity index (χ0v) is 17.6. The summed E-state index contributed by atoms with van der Waals surface area (Å²) in [6.45, 7) is 1.84. The van der Waals surface area contributed by atoms with E-state index in [-0.39, 0.29) is 5.56 Å². The molecular formula is C25H33N3O. The molecule has 2 aromatic rings. The average molecular weight is 392 g/mol. The SMILES string of the molecule is CN(CCCCn1nccc(-c2ccccc2)c1=O)C12CC3CC(CC(C3)C1)C2. The smallest absolute Gasteiger partial charge is 0.274 e. The van der Waals surface area contributed by atoms with Crippen LogP contribution in [0.4, 0.5) is 0 Å². The number of aromatic nitrogens is 2. The van der Waals surface area contributed by atoms with E-state index in [1.807, 2.05) is 36.4 Å². The summed E-state index contributed by atoms with van der Waals surface area (Å²) in [6.07, 6.45) is 12.7. The van der Waals surface area contributed by atoms with Gasteiger partial charge in [0.15, 0.2) is 0 Å². The van der Waals surface area contributed by atoms with Crippen LogP contribution in [0.2, 0.25) is 0 Å². The van der Waals surface area contributed by atoms with E-state index >= 15 is 0 Å². The van der Waals surface area contributed by atoms with Crippen molar-refractivity contribution in [3.63, 3.8) is 0 Å². The Morgan fingerprint density at radius 1 is 1.00 bits per heavy atom. The largest absolute Gasteiger partial charge is 0.301 e. The molecule has 0 N–H and O–H groups in total. The molecule has 0 spiro atoms. The minimum Gasteiger partial charge on any atom is -0.301 e. The van der Waals surface area contributed by atoms with Gasteiger partial charge in [-0.05, 0) is 94.3 Å². The molecular weight excluding hydrogens is 358 g/mol. The third kappa shape index (κ3) is 3.68. The molecule has 0 saturated heterocycles. The topological polar surface area (TPSA) is 38.1 Å². The fourth-order valence-electron chi connectivity index (χ4n) is 6.83. The molecule has 1 aromatic heterocycles. The van der Waals surface area contributed by atoms with Crippen LogP contribution < -0.4 is 5.56 Å². The maximum atomic E-state index is 12.8. The molecule has 29 heavy (non-hydrogen) atoms. The molecule has 4 fully saturated rings. The minimum atomic E-state index is 0.0214. The molecule has 6 rings (SSSR count). The molecule has 154 valence electrons. The summed E-state index contributed by atoms with van der Waals surface area (Å²) in [6, 6.07) is 11.7. The van der Waals surface area contributed by atoms with Crippen molar-refractivity contribution in [1.82, 2.24) is 14.7 Å². The van der Waals surface area contributed by atoms with Crippen LogP contribution in [0.1, 0.15) is 51.4 Å². The van der Waals surface area contributed by atoms with Crippen LogP contribution in [-0.2, 0) is 6.54 Å². The van der Waals surface area contributed by atoms with Crippen molar-refractivity contribution in [2.24, 2.45) is 17.8 Å². The second-order valence-electron chi connectivity index (χ2n) is 9.91. The van der Waals surface area contributed by atoms with Crippen molar-refractivity contribution in [2.75, 3.05) is 13.6 Å². The van der Waals surface area contributed by atoms with Crippen LogP contribution in [0, 0.1) is 17.8 Å². The number of rotatable bonds is 7. The summed E-state index contributed by atoms with van der Waals surface area (Å²) in [7, 11) is 2.35. The average Bonchev–Trinajstić information content (AvgIpc) is 2.72. The van der Waals surface area contributed by atoms with Gasteiger partial charge in [-0.15, -0.1) is 0 Å². The van der Waals surface area contributed by atoms with E-state index in [1.165, 1.54) is 38.5 Å². The Balaban J connectivity index is 1.18. The number of hydrogen-bond donors (Lipinski definition) is 0. The van der Waals surface area contributed by atoms with Gasteiger partial charge in [0.05, 0.1) is 5.56 Å². The molecule has 0 amide bonds. The van der Waals surface area contributed by atoms with E-state index in [4.69, 9.17) is 0 Å². The fourth-order valence-corrected chi connectivity index (χ4v) is 6.83.